The highest BCUT2D eigenvalue weighted by molar-refractivity contribution is 8.04. The van der Waals surface area contributed by atoms with E-state index in [1.165, 1.54) is 18.0 Å². The summed E-state index contributed by atoms with van der Waals surface area (Å²) in [7, 11) is 2.11. The molecule has 1 aromatic carbocycles. The van der Waals surface area contributed by atoms with Gasteiger partial charge in [-0.25, -0.2) is 0 Å². The van der Waals surface area contributed by atoms with Gasteiger partial charge in [0.25, 0.3) is 5.91 Å². The summed E-state index contributed by atoms with van der Waals surface area (Å²) in [4.78, 5) is 43.2. The Hall–Kier alpha value is -3.55. The van der Waals surface area contributed by atoms with Crippen LogP contribution in [0.1, 0.15) is 20.3 Å². The van der Waals surface area contributed by atoms with Gasteiger partial charge in [0.1, 0.15) is 16.5 Å². The topological polar surface area (TPSA) is 152 Å². The highest BCUT2D eigenvalue weighted by atomic mass is 32.2. The number of nitrogens with zero attached hydrogens (tertiary/aromatic N) is 4. The Morgan fingerprint density at radius 1 is 1.08 bits per heavy atom. The van der Waals surface area contributed by atoms with Gasteiger partial charge in [-0.3, -0.25) is 19.5 Å². The van der Waals surface area contributed by atoms with E-state index in [0.717, 1.165) is 44.7 Å². The highest BCUT2D eigenvalue weighted by Gasteiger charge is 2.22. The first-order valence-corrected chi connectivity index (χ1v) is 12.9. The average Bonchev–Trinajstić information content (AvgIpc) is 3.39. The van der Waals surface area contributed by atoms with Crippen molar-refractivity contribution >= 4 is 46.9 Å². The van der Waals surface area contributed by atoms with Crippen molar-refractivity contribution in [3.63, 3.8) is 0 Å². The van der Waals surface area contributed by atoms with Crippen molar-refractivity contribution in [1.29, 1.82) is 0 Å². The lowest BCUT2D eigenvalue weighted by Crippen LogP contribution is -2.45. The second-order valence-corrected chi connectivity index (χ2v) is 9.43. The Morgan fingerprint density at radius 2 is 1.76 bits per heavy atom. The number of aromatic nitrogens is 2. The molecule has 3 amide bonds. The minimum absolute atomic E-state index is 0.0321. The molecule has 37 heavy (non-hydrogen) atoms. The molecule has 1 saturated heterocycles. The van der Waals surface area contributed by atoms with Crippen molar-refractivity contribution in [3.05, 3.63) is 47.3 Å². The summed E-state index contributed by atoms with van der Waals surface area (Å²) in [5.41, 5.74) is 7.43. The molecule has 0 atom stereocenters. The molecule has 6 N–H and O–H groups in total. The Labute approximate surface area is 221 Å². The van der Waals surface area contributed by atoms with Gasteiger partial charge in [0.15, 0.2) is 0 Å². The Morgan fingerprint density at radius 3 is 2.35 bits per heavy atom. The molecular formula is C24H35N9O3S. The van der Waals surface area contributed by atoms with Crippen molar-refractivity contribution in [2.45, 2.75) is 20.3 Å². The van der Waals surface area contributed by atoms with Crippen molar-refractivity contribution in [3.8, 4) is 0 Å². The maximum absolute atomic E-state index is 12.7. The molecule has 0 aliphatic carbocycles. The van der Waals surface area contributed by atoms with E-state index in [4.69, 9.17) is 5.73 Å². The fourth-order valence-electron chi connectivity index (χ4n) is 3.66. The van der Waals surface area contributed by atoms with Gasteiger partial charge in [0.2, 0.25) is 11.8 Å². The standard InChI is InChI=1S/C24H35N9O3S/c1-4-33(17(2)34)24(22(25)23(36)28-20-9-11-26-29-20)37-30-19-7-5-18(6-8-19)27-21(35)10-12-32-15-13-31(3)14-16-32/h5-9,11,30H,4,10,12-16,25H2,1-3H3,(H,27,35)(H2,26,28,29,36)/b24-22+. The number of nitrogens with one attached hydrogen (secondary N) is 4. The minimum Gasteiger partial charge on any atom is -0.392 e. The van der Waals surface area contributed by atoms with Crippen LogP contribution in [0.2, 0.25) is 0 Å². The summed E-state index contributed by atoms with van der Waals surface area (Å²) < 4.78 is 3.12. The van der Waals surface area contributed by atoms with E-state index in [1.54, 1.807) is 37.3 Å². The lowest BCUT2D eigenvalue weighted by molar-refractivity contribution is -0.126. The molecule has 0 radical (unpaired) electrons. The maximum Gasteiger partial charge on any atom is 0.275 e. The third kappa shape index (κ3) is 8.51. The summed E-state index contributed by atoms with van der Waals surface area (Å²) in [6, 6.07) is 8.76. The van der Waals surface area contributed by atoms with Crippen molar-refractivity contribution in [2.24, 2.45) is 5.73 Å². The van der Waals surface area contributed by atoms with Crippen LogP contribution < -0.4 is 21.1 Å². The fraction of sp³-hybridized carbons (Fsp3) is 0.417. The Balaban J connectivity index is 1.57. The zero-order valence-electron chi connectivity index (χ0n) is 21.4. The van der Waals surface area contributed by atoms with E-state index in [9.17, 15) is 14.4 Å². The molecule has 12 nitrogen and oxygen atoms in total. The largest absolute Gasteiger partial charge is 0.392 e. The zero-order chi connectivity index (χ0) is 26.8. The van der Waals surface area contributed by atoms with Crippen LogP contribution in [0.3, 0.4) is 0 Å². The molecule has 0 unspecified atom stereocenters. The number of piperazine rings is 1. The molecule has 1 fully saturated rings. The van der Waals surface area contributed by atoms with Gasteiger partial charge < -0.3 is 35.8 Å². The number of anilines is 3. The number of carbonyl (C=O) groups is 3. The quantitative estimate of drug-likeness (QED) is 0.216. The number of aromatic amines is 1. The smallest absolute Gasteiger partial charge is 0.275 e. The van der Waals surface area contributed by atoms with Gasteiger partial charge in [0, 0.05) is 82.0 Å². The first kappa shape index (κ1) is 28.0. The van der Waals surface area contributed by atoms with E-state index in [1.807, 2.05) is 0 Å². The van der Waals surface area contributed by atoms with Gasteiger partial charge in [-0.2, -0.15) is 5.10 Å². The molecule has 1 aliphatic heterocycles. The fourth-order valence-corrected chi connectivity index (χ4v) is 4.58. The average molecular weight is 530 g/mol. The van der Waals surface area contributed by atoms with Gasteiger partial charge in [-0.15, -0.1) is 0 Å². The van der Waals surface area contributed by atoms with Gasteiger partial charge >= 0.3 is 0 Å². The number of amides is 3. The monoisotopic (exact) mass is 529 g/mol. The van der Waals surface area contributed by atoms with E-state index < -0.39 is 5.91 Å². The summed E-state index contributed by atoms with van der Waals surface area (Å²) in [5, 5.41) is 12.2. The second kappa shape index (κ2) is 13.7. The van der Waals surface area contributed by atoms with E-state index >= 15 is 0 Å². The molecule has 1 aliphatic rings. The second-order valence-electron chi connectivity index (χ2n) is 8.63. The SMILES string of the molecule is CCN(C(C)=O)/C(SNc1ccc(NC(=O)CCN2CCN(C)CC2)cc1)=C(\N)C(=O)Nc1ccn[nH]1. The molecule has 3 rings (SSSR count). The van der Waals surface area contributed by atoms with E-state index in [2.05, 4.69) is 42.4 Å². The Kier molecular flexibility index (Phi) is 10.4. The van der Waals surface area contributed by atoms with Crippen LogP contribution >= 0.6 is 11.9 Å². The first-order valence-electron chi connectivity index (χ1n) is 12.1. The molecule has 13 heteroatoms. The number of rotatable bonds is 11. The number of hydrogen-bond acceptors (Lipinski definition) is 9. The summed E-state index contributed by atoms with van der Waals surface area (Å²) >= 11 is 1.06. The van der Waals surface area contributed by atoms with Crippen molar-refractivity contribution in [2.75, 3.05) is 61.7 Å². The van der Waals surface area contributed by atoms with Crippen molar-refractivity contribution in [1.82, 2.24) is 24.9 Å². The minimum atomic E-state index is -0.567. The van der Waals surface area contributed by atoms with E-state index in [-0.39, 0.29) is 22.5 Å². The van der Waals surface area contributed by atoms with Gasteiger partial charge in [-0.1, -0.05) is 0 Å². The zero-order valence-corrected chi connectivity index (χ0v) is 22.2. The number of hydrogen-bond donors (Lipinski definition) is 5. The first-order chi connectivity index (χ1) is 17.8. The highest BCUT2D eigenvalue weighted by Crippen LogP contribution is 2.26. The summed E-state index contributed by atoms with van der Waals surface area (Å²) in [6.45, 7) is 8.27. The molecule has 1 aromatic heterocycles. The molecule has 0 saturated carbocycles. The molecule has 0 bridgehead atoms. The summed E-state index contributed by atoms with van der Waals surface area (Å²) in [5.74, 6) is -0.464. The van der Waals surface area contributed by atoms with Gasteiger partial charge in [-0.05, 0) is 38.2 Å². The van der Waals surface area contributed by atoms with Crippen LogP contribution in [-0.2, 0) is 14.4 Å². The molecular weight excluding hydrogens is 494 g/mol. The molecule has 200 valence electrons. The lowest BCUT2D eigenvalue weighted by atomic mass is 10.2. The maximum atomic E-state index is 12.7. The summed E-state index contributed by atoms with van der Waals surface area (Å²) in [6.07, 6.45) is 1.94. The predicted molar refractivity (Wildman–Crippen MR) is 146 cm³/mol. The van der Waals surface area contributed by atoms with Crippen LogP contribution in [0.4, 0.5) is 17.2 Å². The third-order valence-corrected chi connectivity index (χ3v) is 6.82. The van der Waals surface area contributed by atoms with Crippen LogP contribution in [0.15, 0.2) is 47.3 Å². The van der Waals surface area contributed by atoms with Gasteiger partial charge in [0.05, 0.1) is 6.20 Å². The van der Waals surface area contributed by atoms with Crippen LogP contribution in [0.5, 0.6) is 0 Å². The normalized spacial score (nSPS) is 15.0. The Bertz CT molecular complexity index is 1080. The molecule has 2 heterocycles. The number of benzene rings is 1. The molecule has 2 aromatic rings. The third-order valence-electron chi connectivity index (χ3n) is 5.85. The lowest BCUT2D eigenvalue weighted by Gasteiger charge is -2.32. The predicted octanol–water partition coefficient (Wildman–Crippen LogP) is 1.68. The van der Waals surface area contributed by atoms with Crippen molar-refractivity contribution < 1.29 is 14.4 Å². The number of likely N-dealkylation sites (N-methyl/N-ethyl adjacent to an activating group) is 1. The van der Waals surface area contributed by atoms with Crippen LogP contribution in [0, 0.1) is 0 Å². The van der Waals surface area contributed by atoms with Crippen LogP contribution in [-0.4, -0.2) is 88.9 Å². The number of nitrogens with two attached hydrogens (primary N) is 1. The number of H-pyrrole nitrogens is 1. The number of carbonyl (C=O) groups excluding carboxylic acids is 3. The van der Waals surface area contributed by atoms with E-state index in [0.29, 0.717) is 30.2 Å². The van der Waals surface area contributed by atoms with Crippen LogP contribution in [0.25, 0.3) is 0 Å². The molecule has 0 spiro atoms.